The molecule has 0 saturated carbocycles. The van der Waals surface area contributed by atoms with E-state index >= 15 is 0 Å². The first-order chi connectivity index (χ1) is 12.1. The summed E-state index contributed by atoms with van der Waals surface area (Å²) >= 11 is 0. The molecule has 0 radical (unpaired) electrons. The Balaban J connectivity index is 1.78. The Morgan fingerprint density at radius 3 is 2.48 bits per heavy atom. The number of hydrogen-bond donors (Lipinski definition) is 1. The molecule has 1 aliphatic rings. The van der Waals surface area contributed by atoms with Gasteiger partial charge in [-0.05, 0) is 31.0 Å². The molecule has 25 heavy (non-hydrogen) atoms. The molecule has 1 atom stereocenters. The fraction of sp³-hybridized carbons (Fsp3) is 0.556. The highest BCUT2D eigenvalue weighted by Gasteiger charge is 2.33. The topological polar surface area (TPSA) is 75.9 Å². The van der Waals surface area contributed by atoms with Crippen LogP contribution in [0, 0.1) is 5.92 Å². The Hall–Kier alpha value is -2.28. The summed E-state index contributed by atoms with van der Waals surface area (Å²) in [6, 6.07) is 9.78. The van der Waals surface area contributed by atoms with Crippen LogP contribution < -0.4 is 5.32 Å². The molecule has 0 spiro atoms. The van der Waals surface area contributed by atoms with E-state index in [2.05, 4.69) is 20.7 Å². The molecule has 2 aromatic rings. The zero-order valence-corrected chi connectivity index (χ0v) is 15.1. The minimum atomic E-state index is -0.420. The van der Waals surface area contributed by atoms with Crippen LogP contribution in [0.4, 0.5) is 0 Å². The molecule has 134 valence electrons. The van der Waals surface area contributed by atoms with Crippen LogP contribution in [0.3, 0.4) is 0 Å². The van der Waals surface area contributed by atoms with Crippen LogP contribution in [0.5, 0.6) is 0 Å². The van der Waals surface area contributed by atoms with E-state index in [1.54, 1.807) is 0 Å². The molecular formula is C18H26N6O. The number of nitrogens with one attached hydrogen (secondary N) is 1. The van der Waals surface area contributed by atoms with Crippen LogP contribution in [0.25, 0.3) is 11.4 Å². The predicted molar refractivity (Wildman–Crippen MR) is 95.8 cm³/mol. The van der Waals surface area contributed by atoms with Crippen molar-refractivity contribution in [1.82, 2.24) is 30.4 Å². The Labute approximate surface area is 148 Å². The van der Waals surface area contributed by atoms with Crippen LogP contribution >= 0.6 is 0 Å². The number of rotatable bonds is 5. The molecule has 0 aliphatic carbocycles. The quantitative estimate of drug-likeness (QED) is 0.896. The van der Waals surface area contributed by atoms with Gasteiger partial charge in [0, 0.05) is 24.7 Å². The van der Waals surface area contributed by atoms with Crippen LogP contribution in [0.1, 0.15) is 32.7 Å². The van der Waals surface area contributed by atoms with Crippen molar-refractivity contribution in [1.29, 1.82) is 0 Å². The van der Waals surface area contributed by atoms with E-state index < -0.39 is 6.04 Å². The van der Waals surface area contributed by atoms with E-state index in [1.165, 1.54) is 4.80 Å². The van der Waals surface area contributed by atoms with E-state index in [9.17, 15) is 4.79 Å². The van der Waals surface area contributed by atoms with Gasteiger partial charge in [0.05, 0.1) is 0 Å². The maximum atomic E-state index is 13.1. The van der Waals surface area contributed by atoms with Gasteiger partial charge in [0.15, 0.2) is 6.04 Å². The standard InChI is InChI=1S/C18H26N6O/c1-13(2)16(18(25)23-11-9-15(19-3)10-12-23)24-21-17(20-22-24)14-7-5-4-6-8-14/h4-8,13,15-16,19H,9-12H2,1-3H3. The number of tetrazole rings is 1. The molecule has 1 unspecified atom stereocenters. The molecule has 1 aliphatic heterocycles. The van der Waals surface area contributed by atoms with Crippen molar-refractivity contribution >= 4 is 5.91 Å². The number of hydrogen-bond acceptors (Lipinski definition) is 5. The summed E-state index contributed by atoms with van der Waals surface area (Å²) in [5.74, 6) is 0.724. The minimum absolute atomic E-state index is 0.0848. The lowest BCUT2D eigenvalue weighted by molar-refractivity contribution is -0.138. The van der Waals surface area contributed by atoms with Crippen molar-refractivity contribution in [3.8, 4) is 11.4 Å². The van der Waals surface area contributed by atoms with E-state index in [1.807, 2.05) is 56.1 Å². The fourth-order valence-electron chi connectivity index (χ4n) is 3.27. The first-order valence-corrected chi connectivity index (χ1v) is 8.91. The lowest BCUT2D eigenvalue weighted by Gasteiger charge is -2.34. The fourth-order valence-corrected chi connectivity index (χ4v) is 3.27. The third-order valence-corrected chi connectivity index (χ3v) is 4.81. The van der Waals surface area contributed by atoms with Gasteiger partial charge in [0.1, 0.15) is 0 Å². The molecule has 3 rings (SSSR count). The second-order valence-corrected chi connectivity index (χ2v) is 6.88. The summed E-state index contributed by atoms with van der Waals surface area (Å²) in [5.41, 5.74) is 0.901. The van der Waals surface area contributed by atoms with E-state index in [4.69, 9.17) is 0 Å². The van der Waals surface area contributed by atoms with Gasteiger partial charge >= 0.3 is 0 Å². The maximum Gasteiger partial charge on any atom is 0.249 e. The normalized spacial score (nSPS) is 17.0. The molecule has 1 N–H and O–H groups in total. The number of piperidine rings is 1. The first-order valence-electron chi connectivity index (χ1n) is 8.91. The Morgan fingerprint density at radius 1 is 1.20 bits per heavy atom. The van der Waals surface area contributed by atoms with Gasteiger partial charge in [-0.3, -0.25) is 4.79 Å². The van der Waals surface area contributed by atoms with Gasteiger partial charge in [-0.25, -0.2) is 0 Å². The number of amides is 1. The van der Waals surface area contributed by atoms with Gasteiger partial charge in [-0.1, -0.05) is 44.2 Å². The number of carbonyl (C=O) groups is 1. The lowest BCUT2D eigenvalue weighted by Crippen LogP contribution is -2.47. The summed E-state index contributed by atoms with van der Waals surface area (Å²) in [4.78, 5) is 16.5. The second kappa shape index (κ2) is 7.74. The van der Waals surface area contributed by atoms with Crippen molar-refractivity contribution in [2.24, 2.45) is 5.92 Å². The SMILES string of the molecule is CNC1CCN(C(=O)C(C(C)C)n2nnc(-c3ccccc3)n2)CC1. The number of carbonyl (C=O) groups excluding carboxylic acids is 1. The largest absolute Gasteiger partial charge is 0.341 e. The molecule has 0 bridgehead atoms. The Kier molecular flexibility index (Phi) is 5.43. The Bertz CT molecular complexity index is 691. The predicted octanol–water partition coefficient (Wildman–Crippen LogP) is 1.75. The highest BCUT2D eigenvalue weighted by atomic mass is 16.2. The first kappa shape index (κ1) is 17.5. The van der Waals surface area contributed by atoms with Crippen molar-refractivity contribution in [3.05, 3.63) is 30.3 Å². The van der Waals surface area contributed by atoms with Crippen LogP contribution in [-0.2, 0) is 4.79 Å². The third-order valence-electron chi connectivity index (χ3n) is 4.81. The summed E-state index contributed by atoms with van der Waals surface area (Å²) in [7, 11) is 1.98. The van der Waals surface area contributed by atoms with E-state index in [0.717, 1.165) is 31.5 Å². The molecular weight excluding hydrogens is 316 g/mol. The number of benzene rings is 1. The second-order valence-electron chi connectivity index (χ2n) is 6.88. The van der Waals surface area contributed by atoms with E-state index in [-0.39, 0.29) is 11.8 Å². The molecule has 1 aromatic heterocycles. The average Bonchev–Trinajstić information content (AvgIpc) is 3.12. The lowest BCUT2D eigenvalue weighted by atomic mass is 10.00. The molecule has 1 amide bonds. The molecule has 1 aromatic carbocycles. The number of aromatic nitrogens is 4. The highest BCUT2D eigenvalue weighted by molar-refractivity contribution is 5.80. The number of likely N-dealkylation sites (tertiary alicyclic amines) is 1. The monoisotopic (exact) mass is 342 g/mol. The van der Waals surface area contributed by atoms with Crippen molar-refractivity contribution in [2.45, 2.75) is 38.8 Å². The van der Waals surface area contributed by atoms with Crippen LogP contribution in [0.2, 0.25) is 0 Å². The summed E-state index contributed by atoms with van der Waals surface area (Å²) < 4.78 is 0. The van der Waals surface area contributed by atoms with Gasteiger partial charge in [0.25, 0.3) is 0 Å². The zero-order valence-electron chi connectivity index (χ0n) is 15.1. The van der Waals surface area contributed by atoms with Crippen molar-refractivity contribution < 1.29 is 4.79 Å². The highest BCUT2D eigenvalue weighted by Crippen LogP contribution is 2.23. The minimum Gasteiger partial charge on any atom is -0.341 e. The molecule has 7 heteroatoms. The smallest absolute Gasteiger partial charge is 0.249 e. The van der Waals surface area contributed by atoms with Crippen LogP contribution in [0.15, 0.2) is 30.3 Å². The molecule has 1 saturated heterocycles. The van der Waals surface area contributed by atoms with Crippen LogP contribution in [-0.4, -0.2) is 57.2 Å². The summed E-state index contributed by atoms with van der Waals surface area (Å²) in [6.07, 6.45) is 1.96. The average molecular weight is 342 g/mol. The van der Waals surface area contributed by atoms with Gasteiger partial charge < -0.3 is 10.2 Å². The van der Waals surface area contributed by atoms with Gasteiger partial charge in [-0.2, -0.15) is 4.80 Å². The summed E-state index contributed by atoms with van der Waals surface area (Å²) in [5, 5.41) is 16.1. The molecule has 1 fully saturated rings. The van der Waals surface area contributed by atoms with Gasteiger partial charge in [0.2, 0.25) is 11.7 Å². The number of nitrogens with zero attached hydrogens (tertiary/aromatic N) is 5. The maximum absolute atomic E-state index is 13.1. The third kappa shape index (κ3) is 3.87. The van der Waals surface area contributed by atoms with Gasteiger partial charge in [-0.15, -0.1) is 10.2 Å². The van der Waals surface area contributed by atoms with E-state index in [0.29, 0.717) is 11.9 Å². The molecule has 7 nitrogen and oxygen atoms in total. The molecule has 2 heterocycles. The van der Waals surface area contributed by atoms with Crippen molar-refractivity contribution in [3.63, 3.8) is 0 Å². The zero-order chi connectivity index (χ0) is 17.8. The Morgan fingerprint density at radius 2 is 1.88 bits per heavy atom. The van der Waals surface area contributed by atoms with Crippen molar-refractivity contribution in [2.75, 3.05) is 20.1 Å². The summed E-state index contributed by atoms with van der Waals surface area (Å²) in [6.45, 7) is 5.59.